The van der Waals surface area contributed by atoms with E-state index >= 15 is 0 Å². The van der Waals surface area contributed by atoms with Crippen LogP contribution in [0.2, 0.25) is 0 Å². The van der Waals surface area contributed by atoms with E-state index < -0.39 is 6.03 Å². The molecule has 0 aromatic heterocycles. The van der Waals surface area contributed by atoms with Gasteiger partial charge in [0, 0.05) is 23.2 Å². The Balaban J connectivity index is 1.77. The first-order chi connectivity index (χ1) is 15.4. The highest BCUT2D eigenvalue weighted by Gasteiger charge is 2.32. The molecular formula is C27H34N2O4. The highest BCUT2D eigenvalue weighted by atomic mass is 16.7. The van der Waals surface area contributed by atoms with Crippen LogP contribution in [0.5, 0.6) is 5.75 Å². The number of rotatable bonds is 4. The number of nitrogens with zero attached hydrogens (tertiary/aromatic N) is 1. The van der Waals surface area contributed by atoms with Gasteiger partial charge in [-0.1, -0.05) is 71.9 Å². The van der Waals surface area contributed by atoms with Crippen molar-refractivity contribution in [2.75, 3.05) is 6.54 Å². The minimum absolute atomic E-state index is 0.218. The van der Waals surface area contributed by atoms with Crippen molar-refractivity contribution >= 4 is 18.0 Å². The molecule has 1 fully saturated rings. The number of imide groups is 1. The Labute approximate surface area is 196 Å². The van der Waals surface area contributed by atoms with E-state index in [0.29, 0.717) is 24.3 Å². The fourth-order valence-corrected chi connectivity index (χ4v) is 3.84. The van der Waals surface area contributed by atoms with Gasteiger partial charge in [0.25, 0.3) is 5.91 Å². The normalized spacial score (nSPS) is 15.9. The molecule has 0 radical (unpaired) electrons. The molecule has 0 unspecified atom stereocenters. The summed E-state index contributed by atoms with van der Waals surface area (Å²) in [5.74, 6) is -0.0371. The van der Waals surface area contributed by atoms with Crippen LogP contribution in [0.3, 0.4) is 0 Å². The van der Waals surface area contributed by atoms with E-state index in [0.717, 1.165) is 27.2 Å². The summed E-state index contributed by atoms with van der Waals surface area (Å²) in [6, 6.07) is 12.7. The van der Waals surface area contributed by atoms with Crippen molar-refractivity contribution in [1.82, 2.24) is 10.4 Å². The number of hydrogen-bond acceptors (Lipinski definition) is 4. The average Bonchev–Trinajstić information content (AvgIpc) is 3.08. The summed E-state index contributed by atoms with van der Waals surface area (Å²) in [4.78, 5) is 31.8. The summed E-state index contributed by atoms with van der Waals surface area (Å²) in [5.41, 5.74) is 5.81. The Bertz CT molecular complexity index is 1020. The molecule has 2 aromatic rings. The summed E-state index contributed by atoms with van der Waals surface area (Å²) < 4.78 is 0. The lowest BCUT2D eigenvalue weighted by atomic mass is 9.78. The Hall–Kier alpha value is -3.12. The average molecular weight is 451 g/mol. The molecule has 1 aliphatic heterocycles. The van der Waals surface area contributed by atoms with Gasteiger partial charge >= 0.3 is 6.03 Å². The van der Waals surface area contributed by atoms with Crippen LogP contribution >= 0.6 is 0 Å². The van der Waals surface area contributed by atoms with Crippen LogP contribution < -0.4 is 5.48 Å². The van der Waals surface area contributed by atoms with E-state index in [2.05, 4.69) is 5.48 Å². The van der Waals surface area contributed by atoms with E-state index in [1.54, 1.807) is 0 Å². The molecule has 3 amide bonds. The molecule has 0 atom stereocenters. The molecule has 2 aromatic carbocycles. The molecule has 3 rings (SSSR count). The number of benzene rings is 2. The third kappa shape index (κ3) is 5.82. The molecule has 0 bridgehead atoms. The van der Waals surface area contributed by atoms with Crippen LogP contribution in [0.15, 0.2) is 48.0 Å². The molecule has 6 heteroatoms. The third-order valence-electron chi connectivity index (χ3n) is 5.70. The van der Waals surface area contributed by atoms with Crippen LogP contribution in [0, 0.1) is 0 Å². The number of amides is 3. The van der Waals surface area contributed by atoms with E-state index in [4.69, 9.17) is 4.84 Å². The van der Waals surface area contributed by atoms with Crippen LogP contribution in [-0.2, 0) is 27.1 Å². The van der Waals surface area contributed by atoms with E-state index in [9.17, 15) is 14.7 Å². The largest absolute Gasteiger partial charge is 0.507 e. The van der Waals surface area contributed by atoms with Gasteiger partial charge in [-0.3, -0.25) is 14.5 Å². The molecule has 1 saturated heterocycles. The molecule has 1 heterocycles. The zero-order valence-corrected chi connectivity index (χ0v) is 20.4. The Morgan fingerprint density at radius 3 is 2.18 bits per heavy atom. The summed E-state index contributed by atoms with van der Waals surface area (Å²) in [6.07, 6.45) is 2.28. The molecule has 0 saturated carbocycles. The second-order valence-electron chi connectivity index (χ2n) is 10.5. The molecule has 176 valence electrons. The minimum atomic E-state index is -0.573. The lowest BCUT2D eigenvalue weighted by molar-refractivity contribution is -0.122. The first kappa shape index (κ1) is 24.5. The van der Waals surface area contributed by atoms with Crippen molar-refractivity contribution in [3.8, 4) is 5.75 Å². The topological polar surface area (TPSA) is 78.9 Å². The summed E-state index contributed by atoms with van der Waals surface area (Å²) in [6.45, 7) is 12.8. The molecule has 33 heavy (non-hydrogen) atoms. The van der Waals surface area contributed by atoms with Crippen molar-refractivity contribution in [2.24, 2.45) is 0 Å². The quantitative estimate of drug-likeness (QED) is 0.480. The van der Waals surface area contributed by atoms with E-state index in [1.807, 2.05) is 90.1 Å². The number of nitrogens with one attached hydrogen (secondary N) is 1. The van der Waals surface area contributed by atoms with Crippen molar-refractivity contribution in [3.63, 3.8) is 0 Å². The molecule has 2 N–H and O–H groups in total. The van der Waals surface area contributed by atoms with Crippen LogP contribution in [0.4, 0.5) is 4.79 Å². The monoisotopic (exact) mass is 450 g/mol. The molecule has 0 spiro atoms. The van der Waals surface area contributed by atoms with Crippen molar-refractivity contribution in [3.05, 3.63) is 70.3 Å². The van der Waals surface area contributed by atoms with Gasteiger partial charge in [-0.15, -0.1) is 0 Å². The van der Waals surface area contributed by atoms with E-state index in [-0.39, 0.29) is 23.3 Å². The summed E-state index contributed by atoms with van der Waals surface area (Å²) >= 11 is 0. The maximum Gasteiger partial charge on any atom is 0.348 e. The predicted molar refractivity (Wildman–Crippen MR) is 130 cm³/mol. The number of phenols is 1. The Morgan fingerprint density at radius 2 is 1.64 bits per heavy atom. The van der Waals surface area contributed by atoms with Crippen molar-refractivity contribution < 1.29 is 19.5 Å². The van der Waals surface area contributed by atoms with Gasteiger partial charge < -0.3 is 5.11 Å². The maximum absolute atomic E-state index is 12.9. The predicted octanol–water partition coefficient (Wildman–Crippen LogP) is 5.44. The number of hydroxylamine groups is 1. The number of urea groups is 1. The van der Waals surface area contributed by atoms with Crippen LogP contribution in [0.25, 0.3) is 6.08 Å². The van der Waals surface area contributed by atoms with E-state index in [1.165, 1.54) is 0 Å². The first-order valence-electron chi connectivity index (χ1n) is 11.2. The van der Waals surface area contributed by atoms with Crippen LogP contribution in [0.1, 0.15) is 70.2 Å². The lowest BCUT2D eigenvalue weighted by Gasteiger charge is -2.28. The van der Waals surface area contributed by atoms with Gasteiger partial charge in [-0.2, -0.15) is 0 Å². The highest BCUT2D eigenvalue weighted by molar-refractivity contribution is 6.08. The van der Waals surface area contributed by atoms with Gasteiger partial charge in [-0.05, 0) is 46.6 Å². The Morgan fingerprint density at radius 1 is 1.06 bits per heavy atom. The molecule has 6 nitrogen and oxygen atoms in total. The molecular weight excluding hydrogens is 416 g/mol. The fourth-order valence-electron chi connectivity index (χ4n) is 3.84. The zero-order chi connectivity index (χ0) is 24.4. The number of aromatic hydroxyl groups is 1. The van der Waals surface area contributed by atoms with Crippen molar-refractivity contribution in [2.45, 2.75) is 65.4 Å². The van der Waals surface area contributed by atoms with Gasteiger partial charge in [0.15, 0.2) is 0 Å². The third-order valence-corrected chi connectivity index (χ3v) is 5.70. The maximum atomic E-state index is 12.9. The smallest absolute Gasteiger partial charge is 0.348 e. The second kappa shape index (κ2) is 9.40. The van der Waals surface area contributed by atoms with Crippen LogP contribution in [-0.4, -0.2) is 28.5 Å². The van der Waals surface area contributed by atoms with Gasteiger partial charge in [0.2, 0.25) is 0 Å². The zero-order valence-electron chi connectivity index (χ0n) is 20.4. The summed E-state index contributed by atoms with van der Waals surface area (Å²) in [7, 11) is 0. The standard InChI is InChI=1S/C27H34N2O4/c1-26(2,3)21-15-19(16-22(23(21)30)27(4,5)6)14-20-12-13-29(24(20)31)25(32)28-33-17-18-10-8-7-9-11-18/h7-11,14-16,30H,12-13,17H2,1-6H3,(H,28,32)/b20-14-. The lowest BCUT2D eigenvalue weighted by Crippen LogP contribution is -2.40. The SMILES string of the molecule is CC(C)(C)c1cc(/C=C2/CCN(C(=O)NOCc3ccccc3)C2=O)cc(C(C)(C)C)c1O. The first-order valence-corrected chi connectivity index (χ1v) is 11.2. The van der Waals surface area contributed by atoms with Crippen molar-refractivity contribution in [1.29, 1.82) is 0 Å². The second-order valence-corrected chi connectivity index (χ2v) is 10.5. The highest BCUT2D eigenvalue weighted by Crippen LogP contribution is 2.40. The number of phenolic OH excluding ortho intramolecular Hbond substituents is 1. The van der Waals surface area contributed by atoms with Gasteiger partial charge in [-0.25, -0.2) is 10.3 Å². The minimum Gasteiger partial charge on any atom is -0.507 e. The number of carbonyl (C=O) groups is 2. The summed E-state index contributed by atoms with van der Waals surface area (Å²) in [5, 5.41) is 10.9. The fraction of sp³-hybridized carbons (Fsp3) is 0.407. The number of likely N-dealkylation sites (tertiary alicyclic amines) is 1. The Kier molecular flexibility index (Phi) is 6.98. The number of hydrogen-bond donors (Lipinski definition) is 2. The van der Waals surface area contributed by atoms with Gasteiger partial charge in [0.1, 0.15) is 5.75 Å². The molecule has 0 aliphatic carbocycles. The van der Waals surface area contributed by atoms with Gasteiger partial charge in [0.05, 0.1) is 6.61 Å². The number of carbonyl (C=O) groups excluding carboxylic acids is 2. The molecule has 1 aliphatic rings.